The number of cyclic esters (lactones) is 1. The van der Waals surface area contributed by atoms with Gasteiger partial charge in [-0.1, -0.05) is 88.1 Å². The Balaban J connectivity index is 1.55. The van der Waals surface area contributed by atoms with Crippen molar-refractivity contribution in [1.29, 1.82) is 0 Å². The summed E-state index contributed by atoms with van der Waals surface area (Å²) in [5, 5.41) is 0. The summed E-state index contributed by atoms with van der Waals surface area (Å²) in [5.41, 5.74) is 1.80. The number of amides is 1. The Hall–Kier alpha value is -3.61. The van der Waals surface area contributed by atoms with E-state index < -0.39 is 29.1 Å². The van der Waals surface area contributed by atoms with Crippen LogP contribution in [0.4, 0.5) is 0 Å². The van der Waals surface area contributed by atoms with Crippen LogP contribution in [-0.4, -0.2) is 53.3 Å². The van der Waals surface area contributed by atoms with E-state index in [-0.39, 0.29) is 30.5 Å². The van der Waals surface area contributed by atoms with Gasteiger partial charge in [-0.05, 0) is 68.6 Å². The fraction of sp³-hybridized carbons (Fsp3) is 0.564. The van der Waals surface area contributed by atoms with Crippen LogP contribution >= 0.6 is 0 Å². The first-order valence-electron chi connectivity index (χ1n) is 17.4. The third-order valence-corrected chi connectivity index (χ3v) is 9.71. The van der Waals surface area contributed by atoms with Crippen molar-refractivity contribution in [3.05, 3.63) is 71.3 Å². The molecular weight excluding hydrogens is 578 g/mol. The van der Waals surface area contributed by atoms with E-state index in [2.05, 4.69) is 12.1 Å². The van der Waals surface area contributed by atoms with Gasteiger partial charge in [0.05, 0.1) is 6.61 Å². The number of hydrogen-bond donors (Lipinski definition) is 0. The average Bonchev–Trinajstić information content (AvgIpc) is 3.07. The molecule has 248 valence electrons. The van der Waals surface area contributed by atoms with Gasteiger partial charge in [-0.2, -0.15) is 0 Å². The third kappa shape index (κ3) is 10.2. The highest BCUT2D eigenvalue weighted by Gasteiger charge is 2.41. The lowest BCUT2D eigenvalue weighted by Crippen LogP contribution is -2.53. The minimum atomic E-state index is -1.00. The number of benzene rings is 2. The summed E-state index contributed by atoms with van der Waals surface area (Å²) in [5.74, 6) is -1.65. The highest BCUT2D eigenvalue weighted by atomic mass is 16.5. The Morgan fingerprint density at radius 1 is 0.783 bits per heavy atom. The number of carbonyl (C=O) groups is 5. The van der Waals surface area contributed by atoms with Crippen molar-refractivity contribution in [2.45, 2.75) is 122 Å². The number of nitrogens with zero attached hydrogens (tertiary/aromatic N) is 1. The maximum Gasteiger partial charge on any atom is 0.328 e. The monoisotopic (exact) mass is 629 g/mol. The Morgan fingerprint density at radius 3 is 2.26 bits per heavy atom. The van der Waals surface area contributed by atoms with Gasteiger partial charge < -0.3 is 9.64 Å². The second-order valence-corrected chi connectivity index (χ2v) is 13.8. The van der Waals surface area contributed by atoms with Gasteiger partial charge in [0.2, 0.25) is 5.78 Å². The van der Waals surface area contributed by atoms with Crippen LogP contribution in [0.5, 0.6) is 0 Å². The van der Waals surface area contributed by atoms with Crippen LogP contribution in [0.1, 0.15) is 131 Å². The predicted octanol–water partition coefficient (Wildman–Crippen LogP) is 7.59. The molecule has 0 N–H and O–H groups in total. The Morgan fingerprint density at radius 2 is 1.50 bits per heavy atom. The first kappa shape index (κ1) is 35.2. The van der Waals surface area contributed by atoms with Crippen molar-refractivity contribution in [1.82, 2.24) is 4.90 Å². The molecule has 4 rings (SSSR count). The number of ketones is 3. The molecule has 2 aromatic rings. The number of piperidine rings is 1. The fourth-order valence-electron chi connectivity index (χ4n) is 6.57. The Kier molecular flexibility index (Phi) is 13.3. The molecule has 0 radical (unpaired) electrons. The van der Waals surface area contributed by atoms with E-state index in [1.165, 1.54) is 10.5 Å². The zero-order chi connectivity index (χ0) is 32.9. The molecule has 1 fully saturated rings. The largest absolute Gasteiger partial charge is 0.464 e. The second kappa shape index (κ2) is 17.3. The van der Waals surface area contributed by atoms with E-state index >= 15 is 0 Å². The van der Waals surface area contributed by atoms with Crippen molar-refractivity contribution in [3.8, 4) is 0 Å². The number of aryl methyl sites for hydroxylation is 1. The summed E-state index contributed by atoms with van der Waals surface area (Å²) in [6.07, 6.45) is 10.5. The minimum Gasteiger partial charge on any atom is -0.464 e. The van der Waals surface area contributed by atoms with E-state index in [1.54, 1.807) is 13.8 Å². The van der Waals surface area contributed by atoms with Gasteiger partial charge >= 0.3 is 5.97 Å². The maximum atomic E-state index is 13.6. The standard InChI is InChI=1S/C39H51NO6/c1-39(2)25-24-33(41)19-10-5-3-4-6-11-21-35(42)31-18-14-17-30(27-31)32(23-22-29-15-8-7-9-16-29)28-46-38(45)34-20-12-13-26-40(34)37(44)36(39)43/h7-9,14-18,27,32,34H,3-6,10-13,19-26,28H2,1-2H3. The lowest BCUT2D eigenvalue weighted by atomic mass is 9.81. The van der Waals surface area contributed by atoms with Gasteiger partial charge in [-0.15, -0.1) is 0 Å². The van der Waals surface area contributed by atoms with Crippen molar-refractivity contribution in [3.63, 3.8) is 0 Å². The molecule has 2 aliphatic rings. The fourth-order valence-corrected chi connectivity index (χ4v) is 6.57. The van der Waals surface area contributed by atoms with Gasteiger partial charge in [-0.3, -0.25) is 19.2 Å². The van der Waals surface area contributed by atoms with E-state index in [0.29, 0.717) is 50.6 Å². The van der Waals surface area contributed by atoms with Crippen LogP contribution < -0.4 is 0 Å². The normalized spacial score (nSPS) is 23.3. The van der Waals surface area contributed by atoms with E-state index in [0.717, 1.165) is 56.9 Å². The molecule has 2 heterocycles. The van der Waals surface area contributed by atoms with Crippen LogP contribution in [0.2, 0.25) is 0 Å². The van der Waals surface area contributed by atoms with Crippen molar-refractivity contribution in [2.75, 3.05) is 13.2 Å². The third-order valence-electron chi connectivity index (χ3n) is 9.71. The molecular formula is C39H51NO6. The van der Waals surface area contributed by atoms with Crippen molar-refractivity contribution >= 4 is 29.2 Å². The van der Waals surface area contributed by atoms with Gasteiger partial charge in [0.25, 0.3) is 5.91 Å². The van der Waals surface area contributed by atoms with Crippen LogP contribution in [0.25, 0.3) is 0 Å². The van der Waals surface area contributed by atoms with E-state index in [9.17, 15) is 24.0 Å². The first-order valence-corrected chi connectivity index (χ1v) is 17.4. The Bertz CT molecular complexity index is 1350. The van der Waals surface area contributed by atoms with Gasteiger partial charge in [0.1, 0.15) is 11.8 Å². The zero-order valence-corrected chi connectivity index (χ0v) is 27.8. The smallest absolute Gasteiger partial charge is 0.328 e. The molecule has 1 amide bonds. The van der Waals surface area contributed by atoms with Gasteiger partial charge in [-0.25, -0.2) is 4.79 Å². The highest BCUT2D eigenvalue weighted by molar-refractivity contribution is 6.38. The maximum absolute atomic E-state index is 13.6. The summed E-state index contributed by atoms with van der Waals surface area (Å²) >= 11 is 0. The molecule has 46 heavy (non-hydrogen) atoms. The lowest BCUT2D eigenvalue weighted by Gasteiger charge is -2.35. The molecule has 7 nitrogen and oxygen atoms in total. The van der Waals surface area contributed by atoms with Crippen LogP contribution in [0.3, 0.4) is 0 Å². The first-order chi connectivity index (χ1) is 22.2. The summed E-state index contributed by atoms with van der Waals surface area (Å²) in [4.78, 5) is 67.7. The summed E-state index contributed by atoms with van der Waals surface area (Å²) in [7, 11) is 0. The molecule has 0 spiro atoms. The molecule has 7 heteroatoms. The molecule has 2 aliphatic heterocycles. The molecule has 0 saturated carbocycles. The molecule has 2 bridgehead atoms. The number of hydrogen-bond acceptors (Lipinski definition) is 6. The van der Waals surface area contributed by atoms with E-state index in [4.69, 9.17) is 4.74 Å². The summed E-state index contributed by atoms with van der Waals surface area (Å²) < 4.78 is 5.95. The van der Waals surface area contributed by atoms with Crippen molar-refractivity contribution in [2.24, 2.45) is 5.41 Å². The number of fused-ring (bicyclic) bond motifs is 3. The number of Topliss-reactive ketones (excluding diaryl/α,β-unsaturated/α-hetero) is 3. The SMILES string of the molecule is CC1(C)CCC(=O)CCCCCCCCC(=O)c2cccc(c2)C(CCc2ccccc2)COC(=O)C2CCCCN2C(=O)C1=O. The number of esters is 1. The molecule has 2 aromatic carbocycles. The quantitative estimate of drug-likeness (QED) is 0.256. The number of ether oxygens (including phenoxy) is 1. The van der Waals surface area contributed by atoms with Crippen LogP contribution in [0.15, 0.2) is 54.6 Å². The number of rotatable bonds is 3. The molecule has 0 aromatic heterocycles. The van der Waals surface area contributed by atoms with E-state index in [1.807, 2.05) is 42.5 Å². The number of carbonyl (C=O) groups excluding carboxylic acids is 5. The molecule has 1 saturated heterocycles. The van der Waals surface area contributed by atoms with Crippen molar-refractivity contribution < 1.29 is 28.7 Å². The average molecular weight is 630 g/mol. The zero-order valence-electron chi connectivity index (χ0n) is 27.8. The van der Waals surface area contributed by atoms with Gasteiger partial charge in [0, 0.05) is 42.7 Å². The second-order valence-electron chi connectivity index (χ2n) is 13.8. The lowest BCUT2D eigenvalue weighted by molar-refractivity contribution is -0.161. The topological polar surface area (TPSA) is 97.8 Å². The molecule has 2 unspecified atom stereocenters. The van der Waals surface area contributed by atoms with Crippen LogP contribution in [0, 0.1) is 5.41 Å². The molecule has 0 aliphatic carbocycles. The van der Waals surface area contributed by atoms with Crippen LogP contribution in [-0.2, 0) is 30.3 Å². The highest BCUT2D eigenvalue weighted by Crippen LogP contribution is 2.29. The predicted molar refractivity (Wildman–Crippen MR) is 179 cm³/mol. The summed E-state index contributed by atoms with van der Waals surface area (Å²) in [6.45, 7) is 3.88. The molecule has 2 atom stereocenters. The minimum absolute atomic E-state index is 0.108. The summed E-state index contributed by atoms with van der Waals surface area (Å²) in [6, 6.07) is 17.0. The van der Waals surface area contributed by atoms with Gasteiger partial charge in [0.15, 0.2) is 5.78 Å². The Labute approximate surface area is 274 Å².